The van der Waals surface area contributed by atoms with Crippen molar-refractivity contribution in [3.63, 3.8) is 0 Å². The van der Waals surface area contributed by atoms with Gasteiger partial charge in [0.25, 0.3) is 0 Å². The van der Waals surface area contributed by atoms with E-state index in [0.717, 1.165) is 5.39 Å². The first kappa shape index (κ1) is 19.9. The molecule has 0 saturated carbocycles. The van der Waals surface area contributed by atoms with Crippen molar-refractivity contribution in [2.75, 3.05) is 11.4 Å². The minimum atomic E-state index is -4.26. The molecular formula is C19H21F3N4O2. The average Bonchev–Trinajstić information content (AvgIpc) is 3.26. The summed E-state index contributed by atoms with van der Waals surface area (Å²) in [4.78, 5) is 25.2. The number of H-pyrrole nitrogens is 1. The van der Waals surface area contributed by atoms with Crippen LogP contribution < -0.4 is 4.90 Å². The number of fused-ring (bicyclic) bond motifs is 1. The third-order valence-electron chi connectivity index (χ3n) is 4.17. The molecule has 3 heterocycles. The maximum atomic E-state index is 12.6. The number of anilines is 1. The topological polar surface area (TPSA) is 75.0 Å². The van der Waals surface area contributed by atoms with E-state index in [4.69, 9.17) is 4.42 Å². The number of nitrogens with one attached hydrogen (secondary N) is 1. The van der Waals surface area contributed by atoms with E-state index in [-0.39, 0.29) is 37.1 Å². The van der Waals surface area contributed by atoms with Gasteiger partial charge in [0.15, 0.2) is 5.76 Å². The van der Waals surface area contributed by atoms with E-state index in [9.17, 15) is 18.0 Å². The van der Waals surface area contributed by atoms with Crippen LogP contribution in [0, 0.1) is 5.92 Å². The zero-order chi connectivity index (χ0) is 20.3. The Labute approximate surface area is 159 Å². The third-order valence-corrected chi connectivity index (χ3v) is 4.17. The van der Waals surface area contributed by atoms with E-state index < -0.39 is 12.6 Å². The van der Waals surface area contributed by atoms with Crippen molar-refractivity contribution in [3.05, 3.63) is 30.7 Å². The van der Waals surface area contributed by atoms with Gasteiger partial charge in [0, 0.05) is 37.0 Å². The van der Waals surface area contributed by atoms with Crippen LogP contribution in [0.3, 0.4) is 0 Å². The van der Waals surface area contributed by atoms with Gasteiger partial charge in [0.1, 0.15) is 17.7 Å². The van der Waals surface area contributed by atoms with Gasteiger partial charge in [-0.2, -0.15) is 13.2 Å². The molecule has 0 fully saturated rings. The number of carbonyl (C=O) groups is 1. The molecule has 0 saturated heterocycles. The van der Waals surface area contributed by atoms with Crippen LogP contribution in [0.25, 0.3) is 22.5 Å². The lowest BCUT2D eigenvalue weighted by Gasteiger charge is -2.21. The minimum Gasteiger partial charge on any atom is -0.438 e. The number of hydrogen-bond acceptors (Lipinski definition) is 4. The standard InChI is InChI=1S/C19H21F3N4O2/c1-12(2)10-15(27)26(9-3-7-19(20,21)22)16-5-4-14(28-16)17-13-6-8-23-18(13)25-11-24-17/h4-6,8,11-12H,3,7,9-10H2,1-2H3,(H,23,24,25). The predicted molar refractivity (Wildman–Crippen MR) is 98.7 cm³/mol. The summed E-state index contributed by atoms with van der Waals surface area (Å²) in [6.07, 6.45) is -2.08. The summed E-state index contributed by atoms with van der Waals surface area (Å²) in [5.74, 6) is 0.436. The van der Waals surface area contributed by atoms with E-state index in [1.54, 1.807) is 24.4 Å². The maximum absolute atomic E-state index is 12.6. The molecular weight excluding hydrogens is 373 g/mol. The molecule has 0 aliphatic carbocycles. The van der Waals surface area contributed by atoms with E-state index in [0.29, 0.717) is 17.1 Å². The first-order valence-corrected chi connectivity index (χ1v) is 9.00. The average molecular weight is 394 g/mol. The van der Waals surface area contributed by atoms with Crippen molar-refractivity contribution in [2.24, 2.45) is 5.92 Å². The molecule has 1 amide bonds. The number of aromatic nitrogens is 3. The van der Waals surface area contributed by atoms with Gasteiger partial charge in [0.05, 0.1) is 0 Å². The van der Waals surface area contributed by atoms with Crippen LogP contribution in [0.5, 0.6) is 0 Å². The number of alkyl halides is 3. The number of hydrogen-bond donors (Lipinski definition) is 1. The van der Waals surface area contributed by atoms with E-state index in [2.05, 4.69) is 15.0 Å². The van der Waals surface area contributed by atoms with Gasteiger partial charge >= 0.3 is 6.18 Å². The van der Waals surface area contributed by atoms with Crippen molar-refractivity contribution < 1.29 is 22.4 Å². The van der Waals surface area contributed by atoms with E-state index in [1.807, 2.05) is 13.8 Å². The molecule has 0 bridgehead atoms. The third kappa shape index (κ3) is 4.71. The second-order valence-electron chi connectivity index (χ2n) is 6.96. The molecule has 0 radical (unpaired) electrons. The van der Waals surface area contributed by atoms with Crippen LogP contribution >= 0.6 is 0 Å². The van der Waals surface area contributed by atoms with E-state index in [1.165, 1.54) is 11.2 Å². The molecule has 0 atom stereocenters. The molecule has 9 heteroatoms. The quantitative estimate of drug-likeness (QED) is 0.616. The largest absolute Gasteiger partial charge is 0.438 e. The van der Waals surface area contributed by atoms with Crippen molar-refractivity contribution >= 4 is 22.8 Å². The summed E-state index contributed by atoms with van der Waals surface area (Å²) in [5.41, 5.74) is 1.19. The zero-order valence-corrected chi connectivity index (χ0v) is 15.6. The van der Waals surface area contributed by atoms with Crippen LogP contribution in [0.15, 0.2) is 35.1 Å². The minimum absolute atomic E-state index is 0.0681. The lowest BCUT2D eigenvalue weighted by molar-refractivity contribution is -0.135. The first-order valence-electron chi connectivity index (χ1n) is 9.00. The van der Waals surface area contributed by atoms with Crippen molar-refractivity contribution in [3.8, 4) is 11.5 Å². The Hall–Kier alpha value is -2.84. The van der Waals surface area contributed by atoms with Crippen molar-refractivity contribution in [1.82, 2.24) is 15.0 Å². The number of carbonyl (C=O) groups excluding carboxylic acids is 1. The number of rotatable bonds is 7. The smallest absolute Gasteiger partial charge is 0.389 e. The number of amides is 1. The van der Waals surface area contributed by atoms with Gasteiger partial charge < -0.3 is 9.40 Å². The van der Waals surface area contributed by atoms with Crippen LogP contribution in [-0.4, -0.2) is 33.6 Å². The molecule has 3 aromatic heterocycles. The highest BCUT2D eigenvalue weighted by Crippen LogP contribution is 2.31. The molecule has 1 N–H and O–H groups in total. The number of furan rings is 1. The fourth-order valence-corrected chi connectivity index (χ4v) is 2.92. The van der Waals surface area contributed by atoms with Crippen molar-refractivity contribution in [1.29, 1.82) is 0 Å². The van der Waals surface area contributed by atoms with Crippen LogP contribution in [0.4, 0.5) is 19.1 Å². The Morgan fingerprint density at radius 2 is 2.04 bits per heavy atom. The van der Waals surface area contributed by atoms with Gasteiger partial charge in [-0.25, -0.2) is 9.97 Å². The lowest BCUT2D eigenvalue weighted by Crippen LogP contribution is -2.33. The van der Waals surface area contributed by atoms with Crippen LogP contribution in [-0.2, 0) is 4.79 Å². The zero-order valence-electron chi connectivity index (χ0n) is 15.6. The summed E-state index contributed by atoms with van der Waals surface area (Å²) in [6, 6.07) is 5.04. The Balaban J connectivity index is 1.86. The molecule has 0 aromatic carbocycles. The molecule has 150 valence electrons. The van der Waals surface area contributed by atoms with Gasteiger partial charge in [-0.3, -0.25) is 9.69 Å². The molecule has 3 rings (SSSR count). The molecule has 6 nitrogen and oxygen atoms in total. The summed E-state index contributed by atoms with van der Waals surface area (Å²) in [5, 5.41) is 0.750. The second kappa shape index (κ2) is 8.04. The monoisotopic (exact) mass is 394 g/mol. The van der Waals surface area contributed by atoms with Crippen molar-refractivity contribution in [2.45, 2.75) is 39.3 Å². The summed E-state index contributed by atoms with van der Waals surface area (Å²) < 4.78 is 43.4. The predicted octanol–water partition coefficient (Wildman–Crippen LogP) is 4.94. The Morgan fingerprint density at radius 3 is 2.75 bits per heavy atom. The lowest BCUT2D eigenvalue weighted by atomic mass is 10.1. The number of aromatic amines is 1. The highest BCUT2D eigenvalue weighted by atomic mass is 19.4. The summed E-state index contributed by atoms with van der Waals surface area (Å²) in [7, 11) is 0. The second-order valence-corrected chi connectivity index (χ2v) is 6.96. The first-order chi connectivity index (χ1) is 13.2. The SMILES string of the molecule is CC(C)CC(=O)N(CCCC(F)(F)F)c1ccc(-c2ncnc3[nH]ccc23)o1. The maximum Gasteiger partial charge on any atom is 0.389 e. The van der Waals surface area contributed by atoms with Gasteiger partial charge in [-0.15, -0.1) is 0 Å². The van der Waals surface area contributed by atoms with Gasteiger partial charge in [0.2, 0.25) is 11.8 Å². The highest BCUT2D eigenvalue weighted by molar-refractivity contribution is 5.93. The fourth-order valence-electron chi connectivity index (χ4n) is 2.92. The fraction of sp³-hybridized carbons (Fsp3) is 0.421. The number of nitrogens with zero attached hydrogens (tertiary/aromatic N) is 3. The van der Waals surface area contributed by atoms with Gasteiger partial charge in [-0.1, -0.05) is 13.8 Å². The molecule has 0 aliphatic heterocycles. The molecule has 0 aliphatic rings. The van der Waals surface area contributed by atoms with Gasteiger partial charge in [-0.05, 0) is 24.5 Å². The van der Waals surface area contributed by atoms with Crippen LogP contribution in [0.2, 0.25) is 0 Å². The molecule has 0 unspecified atom stereocenters. The summed E-state index contributed by atoms with van der Waals surface area (Å²) >= 11 is 0. The molecule has 0 spiro atoms. The summed E-state index contributed by atoms with van der Waals surface area (Å²) in [6.45, 7) is 3.69. The molecule has 3 aromatic rings. The highest BCUT2D eigenvalue weighted by Gasteiger charge is 2.28. The molecule has 28 heavy (non-hydrogen) atoms. The van der Waals surface area contributed by atoms with Crippen LogP contribution in [0.1, 0.15) is 33.1 Å². The Bertz CT molecular complexity index is 946. The Morgan fingerprint density at radius 1 is 1.25 bits per heavy atom. The van der Waals surface area contributed by atoms with E-state index >= 15 is 0 Å². The number of halogens is 3. The Kier molecular flexibility index (Phi) is 5.71. The normalized spacial score (nSPS) is 12.1.